The molecule has 0 amide bonds. The van der Waals surface area contributed by atoms with E-state index in [-0.39, 0.29) is 0 Å². The summed E-state index contributed by atoms with van der Waals surface area (Å²) in [5, 5.41) is 0. The lowest BCUT2D eigenvalue weighted by atomic mass is 9.87. The Morgan fingerprint density at radius 1 is 0.739 bits per heavy atom. The third-order valence-corrected chi connectivity index (χ3v) is 4.74. The van der Waals surface area contributed by atoms with Crippen molar-refractivity contribution < 1.29 is 0 Å². The largest absolute Gasteiger partial charge is 0.0648 e. The zero-order chi connectivity index (χ0) is 16.2. The number of rotatable bonds is 4. The van der Waals surface area contributed by atoms with Crippen LogP contribution in [0, 0.1) is 6.92 Å². The molecule has 3 rings (SSSR count). The van der Waals surface area contributed by atoms with Crippen LogP contribution >= 0.6 is 0 Å². The lowest BCUT2D eigenvalue weighted by Crippen LogP contribution is -1.96. The van der Waals surface area contributed by atoms with Crippen molar-refractivity contribution in [3.63, 3.8) is 0 Å². The highest BCUT2D eigenvalue weighted by molar-refractivity contribution is 5.77. The molecule has 1 atom stereocenters. The maximum atomic E-state index is 2.34. The summed E-state index contributed by atoms with van der Waals surface area (Å²) in [5.74, 6) is 0.575. The summed E-state index contributed by atoms with van der Waals surface area (Å²) in [6.45, 7) is 6.78. The van der Waals surface area contributed by atoms with Gasteiger partial charge in [0, 0.05) is 0 Å². The first-order valence-electron chi connectivity index (χ1n) is 8.46. The number of hydrogen-bond donors (Lipinski definition) is 0. The third kappa shape index (κ3) is 3.22. The Bertz CT molecular complexity index is 784. The molecule has 0 saturated heterocycles. The molecular formula is C23H24. The van der Waals surface area contributed by atoms with Crippen LogP contribution in [-0.2, 0) is 0 Å². The maximum absolute atomic E-state index is 2.34. The fraction of sp³-hybridized carbons (Fsp3) is 0.217. The Kier molecular flexibility index (Phi) is 4.62. The third-order valence-electron chi connectivity index (χ3n) is 4.74. The van der Waals surface area contributed by atoms with Gasteiger partial charge in [0.15, 0.2) is 0 Å². The van der Waals surface area contributed by atoms with Crippen LogP contribution in [0.15, 0.2) is 72.8 Å². The molecule has 1 unspecified atom stereocenters. The Labute approximate surface area is 139 Å². The molecular weight excluding hydrogens is 276 g/mol. The number of aryl methyl sites for hydroxylation is 1. The van der Waals surface area contributed by atoms with Crippen LogP contribution in [-0.4, -0.2) is 0 Å². The van der Waals surface area contributed by atoms with Crippen molar-refractivity contribution >= 4 is 0 Å². The van der Waals surface area contributed by atoms with Gasteiger partial charge in [0.2, 0.25) is 0 Å². The molecule has 0 nitrogen and oxygen atoms in total. The van der Waals surface area contributed by atoms with Crippen molar-refractivity contribution in [2.45, 2.75) is 33.1 Å². The van der Waals surface area contributed by atoms with Crippen LogP contribution in [0.1, 0.15) is 37.3 Å². The lowest BCUT2D eigenvalue weighted by Gasteiger charge is -2.17. The summed E-state index contributed by atoms with van der Waals surface area (Å²) in [7, 11) is 0. The smallest absolute Gasteiger partial charge is 0.0146 e. The van der Waals surface area contributed by atoms with Gasteiger partial charge in [-0.25, -0.2) is 0 Å². The predicted molar refractivity (Wildman–Crippen MR) is 101 cm³/mol. The Hall–Kier alpha value is -2.34. The van der Waals surface area contributed by atoms with Gasteiger partial charge in [-0.15, -0.1) is 0 Å². The Morgan fingerprint density at radius 3 is 2.17 bits per heavy atom. The predicted octanol–water partition coefficient (Wildman–Crippen LogP) is 6.84. The van der Waals surface area contributed by atoms with E-state index in [0.717, 1.165) is 6.42 Å². The summed E-state index contributed by atoms with van der Waals surface area (Å²) < 4.78 is 0. The highest BCUT2D eigenvalue weighted by atomic mass is 14.2. The minimum Gasteiger partial charge on any atom is -0.0648 e. The van der Waals surface area contributed by atoms with Crippen molar-refractivity contribution in [1.82, 2.24) is 0 Å². The van der Waals surface area contributed by atoms with E-state index in [9.17, 15) is 0 Å². The van der Waals surface area contributed by atoms with Crippen LogP contribution in [0.3, 0.4) is 0 Å². The summed E-state index contributed by atoms with van der Waals surface area (Å²) in [6.07, 6.45) is 1.16. The monoisotopic (exact) mass is 300 g/mol. The SMILES string of the molecule is CCC(C)c1ccccc1-c1cc(-c2ccccc2)ccc1C. The molecule has 0 bridgehead atoms. The van der Waals surface area contributed by atoms with E-state index in [0.29, 0.717) is 5.92 Å². The van der Waals surface area contributed by atoms with Crippen molar-refractivity contribution in [3.8, 4) is 22.3 Å². The fourth-order valence-corrected chi connectivity index (χ4v) is 3.11. The molecule has 0 heterocycles. The van der Waals surface area contributed by atoms with E-state index < -0.39 is 0 Å². The van der Waals surface area contributed by atoms with Crippen molar-refractivity contribution in [1.29, 1.82) is 0 Å². The summed E-state index contributed by atoms with van der Waals surface area (Å²) >= 11 is 0. The van der Waals surface area contributed by atoms with E-state index in [1.54, 1.807) is 0 Å². The van der Waals surface area contributed by atoms with Crippen LogP contribution in [0.4, 0.5) is 0 Å². The molecule has 0 spiro atoms. The lowest BCUT2D eigenvalue weighted by molar-refractivity contribution is 0.735. The summed E-state index contributed by atoms with van der Waals surface area (Å²) in [4.78, 5) is 0. The molecule has 3 aromatic carbocycles. The number of hydrogen-bond acceptors (Lipinski definition) is 0. The van der Waals surface area contributed by atoms with E-state index in [4.69, 9.17) is 0 Å². The van der Waals surface area contributed by atoms with Crippen LogP contribution < -0.4 is 0 Å². The highest BCUT2D eigenvalue weighted by Gasteiger charge is 2.12. The van der Waals surface area contributed by atoms with E-state index in [1.165, 1.54) is 33.4 Å². The molecule has 0 aliphatic rings. The van der Waals surface area contributed by atoms with Gasteiger partial charge in [-0.2, -0.15) is 0 Å². The molecule has 0 radical (unpaired) electrons. The molecule has 116 valence electrons. The molecule has 0 fully saturated rings. The Morgan fingerprint density at radius 2 is 1.43 bits per heavy atom. The first-order chi connectivity index (χ1) is 11.2. The second-order valence-electron chi connectivity index (χ2n) is 6.29. The topological polar surface area (TPSA) is 0 Å². The van der Waals surface area contributed by atoms with Gasteiger partial charge >= 0.3 is 0 Å². The summed E-state index contributed by atoms with van der Waals surface area (Å²) in [6, 6.07) is 26.3. The maximum Gasteiger partial charge on any atom is -0.0146 e. The average molecular weight is 300 g/mol. The number of benzene rings is 3. The van der Waals surface area contributed by atoms with E-state index in [1.807, 2.05) is 0 Å². The first-order valence-corrected chi connectivity index (χ1v) is 8.46. The van der Waals surface area contributed by atoms with E-state index in [2.05, 4.69) is 93.6 Å². The summed E-state index contributed by atoms with van der Waals surface area (Å²) in [5.41, 5.74) is 8.06. The van der Waals surface area contributed by atoms with Crippen LogP contribution in [0.5, 0.6) is 0 Å². The second-order valence-corrected chi connectivity index (χ2v) is 6.29. The van der Waals surface area contributed by atoms with Gasteiger partial charge in [-0.05, 0) is 58.7 Å². The molecule has 3 aromatic rings. The minimum absolute atomic E-state index is 0.575. The standard InChI is InChI=1S/C23H24/c1-4-17(2)21-12-8-9-13-22(21)23-16-20(15-14-18(23)3)19-10-6-5-7-11-19/h5-17H,4H2,1-3H3. The normalized spacial score (nSPS) is 12.1. The molecule has 23 heavy (non-hydrogen) atoms. The first kappa shape index (κ1) is 15.6. The quantitative estimate of drug-likeness (QED) is 0.494. The molecule has 0 aliphatic heterocycles. The van der Waals surface area contributed by atoms with Crippen LogP contribution in [0.25, 0.3) is 22.3 Å². The van der Waals surface area contributed by atoms with Gasteiger partial charge < -0.3 is 0 Å². The second kappa shape index (κ2) is 6.83. The van der Waals surface area contributed by atoms with Crippen molar-refractivity contribution in [2.75, 3.05) is 0 Å². The molecule has 0 aromatic heterocycles. The van der Waals surface area contributed by atoms with Gasteiger partial charge in [0.1, 0.15) is 0 Å². The van der Waals surface area contributed by atoms with Crippen molar-refractivity contribution in [2.24, 2.45) is 0 Å². The van der Waals surface area contributed by atoms with Crippen LogP contribution in [0.2, 0.25) is 0 Å². The van der Waals surface area contributed by atoms with Gasteiger partial charge in [0.05, 0.1) is 0 Å². The van der Waals surface area contributed by atoms with Gasteiger partial charge in [-0.1, -0.05) is 80.6 Å². The van der Waals surface area contributed by atoms with Gasteiger partial charge in [0.25, 0.3) is 0 Å². The molecule has 0 heteroatoms. The molecule has 0 saturated carbocycles. The zero-order valence-electron chi connectivity index (χ0n) is 14.2. The van der Waals surface area contributed by atoms with Gasteiger partial charge in [-0.3, -0.25) is 0 Å². The molecule has 0 N–H and O–H groups in total. The Balaban J connectivity index is 2.14. The molecule has 0 aliphatic carbocycles. The fourth-order valence-electron chi connectivity index (χ4n) is 3.11. The highest BCUT2D eigenvalue weighted by Crippen LogP contribution is 2.35. The average Bonchev–Trinajstić information content (AvgIpc) is 2.62. The van der Waals surface area contributed by atoms with Crippen molar-refractivity contribution in [3.05, 3.63) is 83.9 Å². The van der Waals surface area contributed by atoms with E-state index >= 15 is 0 Å². The zero-order valence-corrected chi connectivity index (χ0v) is 14.2. The minimum atomic E-state index is 0.575.